The number of alkyl carbamates (subject to hydrolysis) is 1. The molecule has 1 aromatic rings. The molecule has 3 aliphatic rings. The van der Waals surface area contributed by atoms with Crippen molar-refractivity contribution in [2.75, 3.05) is 26.2 Å². The lowest BCUT2D eigenvalue weighted by Crippen LogP contribution is -2.73. The summed E-state index contributed by atoms with van der Waals surface area (Å²) >= 11 is 0. The fraction of sp³-hybridized carbons (Fsp3) is 0.690. The zero-order chi connectivity index (χ0) is 31.5. The van der Waals surface area contributed by atoms with Gasteiger partial charge < -0.3 is 24.6 Å². The maximum absolute atomic E-state index is 13.7. The number of hydrogen-bond donors (Lipinski definition) is 2. The molecule has 43 heavy (non-hydrogen) atoms. The maximum Gasteiger partial charge on any atom is 0.429 e. The Morgan fingerprint density at radius 1 is 0.977 bits per heavy atom. The van der Waals surface area contributed by atoms with Gasteiger partial charge in [0.25, 0.3) is 0 Å². The number of rotatable bonds is 7. The predicted octanol–water partition coefficient (Wildman–Crippen LogP) is 3.40. The minimum absolute atomic E-state index is 0.00424. The average Bonchev–Trinajstić information content (AvgIpc) is 3.31. The maximum atomic E-state index is 13.7. The number of nitrogens with zero attached hydrogens (tertiary/aromatic N) is 3. The van der Waals surface area contributed by atoms with E-state index >= 15 is 0 Å². The number of hydrazine groups is 1. The van der Waals surface area contributed by atoms with Crippen LogP contribution < -0.4 is 5.32 Å². The first kappa shape index (κ1) is 32.8. The van der Waals surface area contributed by atoms with E-state index in [1.165, 1.54) is 12.1 Å². The number of aliphatic hydroxyl groups is 1. The number of sulfonamides is 1. The molecule has 14 heteroatoms. The second-order valence-corrected chi connectivity index (χ2v) is 14.1. The normalized spacial score (nSPS) is 25.0. The summed E-state index contributed by atoms with van der Waals surface area (Å²) in [5.74, 6) is 0.309. The van der Waals surface area contributed by atoms with Crippen LogP contribution in [0.4, 0.5) is 14.4 Å². The van der Waals surface area contributed by atoms with Crippen LogP contribution in [-0.4, -0.2) is 102 Å². The molecule has 0 bridgehead atoms. The first-order valence-corrected chi connectivity index (χ1v) is 16.4. The summed E-state index contributed by atoms with van der Waals surface area (Å²) in [7, 11) is -4.15. The number of ether oxygens (including phenoxy) is 3. The number of carbonyl (C=O) groups excluding carboxylic acids is 3. The van der Waals surface area contributed by atoms with Gasteiger partial charge in [0.05, 0.1) is 23.6 Å². The highest BCUT2D eigenvalue weighted by atomic mass is 32.2. The smallest absolute Gasteiger partial charge is 0.429 e. The summed E-state index contributed by atoms with van der Waals surface area (Å²) in [4.78, 5) is 39.7. The molecular weight excluding hydrogens is 580 g/mol. The van der Waals surface area contributed by atoms with Crippen LogP contribution >= 0.6 is 0 Å². The van der Waals surface area contributed by atoms with Gasteiger partial charge in [0.1, 0.15) is 11.6 Å². The molecule has 3 amide bonds. The standard InChI is InChI=1S/C29H44N4O9S/c1-19(2)40-27(35)32-17-25(42-26(34)30-15-22-9-7-6-8-10-22)29(37)18-31(16-24(29)33(32)28(36)41-20(3)4)43(38,39)23-13-11-21(5)12-14-23/h11-14,19-20,22,24-25,37H,6-10,15-18H2,1-5H3,(H,30,34)/t24-,25+,29-/m1/s1. The Balaban J connectivity index is 1.68. The number of amides is 3. The molecule has 0 spiro atoms. The van der Waals surface area contributed by atoms with Crippen LogP contribution in [-0.2, 0) is 24.2 Å². The molecule has 2 heterocycles. The van der Waals surface area contributed by atoms with Gasteiger partial charge in [0, 0.05) is 19.6 Å². The zero-order valence-corrected chi connectivity index (χ0v) is 26.3. The fourth-order valence-electron chi connectivity index (χ4n) is 5.86. The van der Waals surface area contributed by atoms with E-state index < -0.39 is 77.9 Å². The minimum atomic E-state index is -4.15. The third kappa shape index (κ3) is 7.35. The van der Waals surface area contributed by atoms with Crippen molar-refractivity contribution in [3.05, 3.63) is 29.8 Å². The molecule has 4 rings (SSSR count). The molecule has 0 radical (unpaired) electrons. The van der Waals surface area contributed by atoms with Crippen molar-refractivity contribution in [3.63, 3.8) is 0 Å². The van der Waals surface area contributed by atoms with Crippen molar-refractivity contribution in [2.24, 2.45) is 5.92 Å². The number of carbonyl (C=O) groups is 3. The molecule has 13 nitrogen and oxygen atoms in total. The van der Waals surface area contributed by atoms with E-state index in [0.717, 1.165) is 52.0 Å². The second-order valence-electron chi connectivity index (χ2n) is 12.2. The Morgan fingerprint density at radius 3 is 2.19 bits per heavy atom. The highest BCUT2D eigenvalue weighted by molar-refractivity contribution is 7.89. The molecule has 3 atom stereocenters. The molecule has 1 aliphatic carbocycles. The number of aryl methyl sites for hydroxylation is 1. The lowest BCUT2D eigenvalue weighted by molar-refractivity contribution is -0.191. The first-order valence-electron chi connectivity index (χ1n) is 14.9. The lowest BCUT2D eigenvalue weighted by Gasteiger charge is -2.50. The van der Waals surface area contributed by atoms with E-state index in [9.17, 15) is 27.9 Å². The molecule has 2 saturated heterocycles. The quantitative estimate of drug-likeness (QED) is 0.434. The van der Waals surface area contributed by atoms with E-state index in [2.05, 4.69) is 5.32 Å². The van der Waals surface area contributed by atoms with Crippen molar-refractivity contribution < 1.29 is 42.1 Å². The predicted molar refractivity (Wildman–Crippen MR) is 155 cm³/mol. The molecule has 2 N–H and O–H groups in total. The van der Waals surface area contributed by atoms with Crippen LogP contribution in [0.25, 0.3) is 0 Å². The first-order chi connectivity index (χ1) is 20.2. The minimum Gasteiger partial charge on any atom is -0.445 e. The summed E-state index contributed by atoms with van der Waals surface area (Å²) in [6, 6.07) is 4.89. The van der Waals surface area contributed by atoms with Crippen molar-refractivity contribution in [2.45, 2.75) is 102 Å². The Labute approximate surface area is 253 Å². The van der Waals surface area contributed by atoms with Gasteiger partial charge in [0.15, 0.2) is 6.10 Å². The number of β-amino-alcohol motifs (C(OH)–C–C–N with tert-alkyl or cyclic N) is 1. The molecule has 0 unspecified atom stereocenters. The highest BCUT2D eigenvalue weighted by Gasteiger charge is 2.64. The summed E-state index contributed by atoms with van der Waals surface area (Å²) in [6.07, 6.45) is 0.0566. The van der Waals surface area contributed by atoms with Gasteiger partial charge in [-0.15, -0.1) is 0 Å². The number of hydrogen-bond acceptors (Lipinski definition) is 9. The van der Waals surface area contributed by atoms with Crippen LogP contribution in [0.3, 0.4) is 0 Å². The zero-order valence-electron chi connectivity index (χ0n) is 25.5. The molecule has 1 saturated carbocycles. The number of fused-ring (bicyclic) bond motifs is 1. The van der Waals surface area contributed by atoms with Gasteiger partial charge in [-0.1, -0.05) is 37.0 Å². The van der Waals surface area contributed by atoms with Crippen LogP contribution in [0.2, 0.25) is 0 Å². The third-order valence-corrected chi connectivity index (χ3v) is 9.90. The number of benzene rings is 1. The van der Waals surface area contributed by atoms with Gasteiger partial charge in [-0.3, -0.25) is 0 Å². The van der Waals surface area contributed by atoms with Crippen LogP contribution in [0.15, 0.2) is 29.2 Å². The second kappa shape index (κ2) is 13.3. The van der Waals surface area contributed by atoms with Gasteiger partial charge >= 0.3 is 18.3 Å². The number of nitrogens with one attached hydrogen (secondary N) is 1. The van der Waals surface area contributed by atoms with E-state index in [0.29, 0.717) is 12.5 Å². The monoisotopic (exact) mass is 624 g/mol. The van der Waals surface area contributed by atoms with E-state index in [-0.39, 0.29) is 4.90 Å². The Kier molecular flexibility index (Phi) is 10.1. The van der Waals surface area contributed by atoms with Gasteiger partial charge in [-0.2, -0.15) is 4.31 Å². The van der Waals surface area contributed by atoms with Gasteiger partial charge in [0.2, 0.25) is 10.0 Å². The average molecular weight is 625 g/mol. The SMILES string of the molecule is Cc1ccc(S(=O)(=O)N2C[C@H]3N(C(=O)OC(C)C)N(C(=O)OC(C)C)C[C@H](OC(=O)NCC4CCCCC4)[C@@]3(O)C2)cc1. The fourth-order valence-corrected chi connectivity index (χ4v) is 7.35. The molecular formula is C29H44N4O9S. The topological polar surface area (TPSA) is 155 Å². The summed E-state index contributed by atoms with van der Waals surface area (Å²) in [5.41, 5.74) is -1.22. The van der Waals surface area contributed by atoms with Crippen LogP contribution in [0, 0.1) is 12.8 Å². The third-order valence-electron chi connectivity index (χ3n) is 8.07. The summed E-state index contributed by atoms with van der Waals surface area (Å²) < 4.78 is 45.0. The lowest BCUT2D eigenvalue weighted by atomic mass is 9.88. The molecule has 3 fully saturated rings. The van der Waals surface area contributed by atoms with E-state index in [1.54, 1.807) is 39.8 Å². The Hall–Kier alpha value is -3.10. The van der Waals surface area contributed by atoms with Crippen molar-refractivity contribution in [3.8, 4) is 0 Å². The Morgan fingerprint density at radius 2 is 1.58 bits per heavy atom. The highest BCUT2D eigenvalue weighted by Crippen LogP contribution is 2.39. The molecule has 240 valence electrons. The largest absolute Gasteiger partial charge is 0.445 e. The summed E-state index contributed by atoms with van der Waals surface area (Å²) in [6.45, 7) is 7.37. The van der Waals surface area contributed by atoms with Crippen molar-refractivity contribution in [1.82, 2.24) is 19.6 Å². The van der Waals surface area contributed by atoms with Crippen LogP contribution in [0.5, 0.6) is 0 Å². The molecule has 0 aromatic heterocycles. The van der Waals surface area contributed by atoms with Gasteiger partial charge in [-0.05, 0) is 65.5 Å². The van der Waals surface area contributed by atoms with E-state index in [1.807, 2.05) is 6.92 Å². The summed E-state index contributed by atoms with van der Waals surface area (Å²) in [5, 5.41) is 16.7. The van der Waals surface area contributed by atoms with Crippen molar-refractivity contribution >= 4 is 28.3 Å². The van der Waals surface area contributed by atoms with Gasteiger partial charge in [-0.25, -0.2) is 32.8 Å². The van der Waals surface area contributed by atoms with Crippen LogP contribution in [0.1, 0.15) is 65.4 Å². The van der Waals surface area contributed by atoms with E-state index in [4.69, 9.17) is 14.2 Å². The molecule has 2 aliphatic heterocycles. The van der Waals surface area contributed by atoms with Crippen molar-refractivity contribution in [1.29, 1.82) is 0 Å². The Bertz CT molecular complexity index is 1270. The molecule has 1 aromatic carbocycles.